The van der Waals surface area contributed by atoms with Crippen molar-refractivity contribution >= 4 is 21.8 Å². The standard InChI is InChI=1S/C27H24BrN3O3/c1-15-11-16(2)26(32)21(12-15)23-22-24(30-29-23)27(33)31(14-17-7-9-20(34-3)10-8-17)25(22)18-5-4-6-19(28)13-18/h4-13,25,32H,14H2,1-3H3,(H,29,30). The van der Waals surface area contributed by atoms with E-state index >= 15 is 0 Å². The maximum Gasteiger partial charge on any atom is 0.273 e. The predicted molar refractivity (Wildman–Crippen MR) is 134 cm³/mol. The number of phenolic OH excluding ortho intramolecular Hbond substituents is 1. The van der Waals surface area contributed by atoms with Gasteiger partial charge in [0.25, 0.3) is 5.91 Å². The first-order valence-electron chi connectivity index (χ1n) is 11.0. The highest BCUT2D eigenvalue weighted by Gasteiger charge is 2.42. The Hall–Kier alpha value is -3.58. The Bertz CT molecular complexity index is 1400. The number of hydrogen-bond donors (Lipinski definition) is 2. The fraction of sp³-hybridized carbons (Fsp3) is 0.185. The molecule has 1 atom stereocenters. The van der Waals surface area contributed by atoms with Crippen molar-refractivity contribution in [1.82, 2.24) is 15.1 Å². The van der Waals surface area contributed by atoms with Crippen LogP contribution in [0.5, 0.6) is 11.5 Å². The lowest BCUT2D eigenvalue weighted by atomic mass is 9.94. The van der Waals surface area contributed by atoms with Crippen molar-refractivity contribution in [3.05, 3.63) is 98.6 Å². The molecule has 1 amide bonds. The highest BCUT2D eigenvalue weighted by atomic mass is 79.9. The number of nitrogens with one attached hydrogen (secondary N) is 1. The lowest BCUT2D eigenvalue weighted by Gasteiger charge is -2.27. The molecule has 3 aromatic carbocycles. The number of aromatic hydroxyl groups is 1. The molecule has 4 aromatic rings. The van der Waals surface area contributed by atoms with Gasteiger partial charge in [0.1, 0.15) is 22.9 Å². The van der Waals surface area contributed by atoms with E-state index in [0.29, 0.717) is 23.5 Å². The Morgan fingerprint density at radius 1 is 1.12 bits per heavy atom. The number of H-pyrrole nitrogens is 1. The van der Waals surface area contributed by atoms with E-state index < -0.39 is 0 Å². The topological polar surface area (TPSA) is 78.5 Å². The third kappa shape index (κ3) is 3.76. The van der Waals surface area contributed by atoms with Crippen LogP contribution in [0.15, 0.2) is 65.1 Å². The number of carbonyl (C=O) groups is 1. The Morgan fingerprint density at radius 3 is 2.59 bits per heavy atom. The number of nitrogens with zero attached hydrogens (tertiary/aromatic N) is 2. The third-order valence-corrected chi connectivity index (χ3v) is 6.73. The summed E-state index contributed by atoms with van der Waals surface area (Å²) in [4.78, 5) is 15.5. The quantitative estimate of drug-likeness (QED) is 0.344. The summed E-state index contributed by atoms with van der Waals surface area (Å²) in [6.45, 7) is 4.27. The van der Waals surface area contributed by atoms with Crippen molar-refractivity contribution in [2.24, 2.45) is 0 Å². The number of rotatable bonds is 5. The van der Waals surface area contributed by atoms with Crippen LogP contribution < -0.4 is 4.74 Å². The molecule has 0 radical (unpaired) electrons. The number of methoxy groups -OCH3 is 1. The van der Waals surface area contributed by atoms with Gasteiger partial charge in [-0.05, 0) is 66.4 Å². The molecule has 2 N–H and O–H groups in total. The van der Waals surface area contributed by atoms with E-state index in [-0.39, 0.29) is 17.7 Å². The fourth-order valence-corrected chi connectivity index (χ4v) is 5.07. The average molecular weight is 518 g/mol. The van der Waals surface area contributed by atoms with E-state index in [0.717, 1.165) is 38.0 Å². The van der Waals surface area contributed by atoms with Crippen LogP contribution in [0.3, 0.4) is 0 Å². The van der Waals surface area contributed by atoms with Gasteiger partial charge >= 0.3 is 0 Å². The summed E-state index contributed by atoms with van der Waals surface area (Å²) in [6.07, 6.45) is 0. The number of benzene rings is 3. The Morgan fingerprint density at radius 2 is 1.88 bits per heavy atom. The molecule has 6 nitrogen and oxygen atoms in total. The summed E-state index contributed by atoms with van der Waals surface area (Å²) in [6, 6.07) is 19.1. The molecule has 172 valence electrons. The number of amides is 1. The normalized spacial score (nSPS) is 15.0. The highest BCUT2D eigenvalue weighted by Crippen LogP contribution is 2.46. The number of phenols is 1. The molecule has 34 heavy (non-hydrogen) atoms. The molecule has 1 unspecified atom stereocenters. The Labute approximate surface area is 206 Å². The van der Waals surface area contributed by atoms with Crippen LogP contribution in [0, 0.1) is 13.8 Å². The predicted octanol–water partition coefficient (Wildman–Crippen LogP) is 5.92. The first-order valence-corrected chi connectivity index (χ1v) is 11.7. The van der Waals surface area contributed by atoms with E-state index in [1.807, 2.05) is 79.4 Å². The molecular formula is C27H24BrN3O3. The average Bonchev–Trinajstić information content (AvgIpc) is 3.36. The van der Waals surface area contributed by atoms with Gasteiger partial charge in [-0.1, -0.05) is 46.3 Å². The number of aromatic nitrogens is 2. The zero-order chi connectivity index (χ0) is 24.0. The van der Waals surface area contributed by atoms with E-state index in [1.54, 1.807) is 7.11 Å². The fourth-order valence-electron chi connectivity index (χ4n) is 4.66. The molecular weight excluding hydrogens is 494 g/mol. The summed E-state index contributed by atoms with van der Waals surface area (Å²) in [7, 11) is 1.63. The minimum Gasteiger partial charge on any atom is -0.507 e. The molecule has 2 heterocycles. The number of carbonyl (C=O) groups excluding carboxylic acids is 1. The van der Waals surface area contributed by atoms with Crippen molar-refractivity contribution in [3.8, 4) is 22.8 Å². The summed E-state index contributed by atoms with van der Waals surface area (Å²) < 4.78 is 6.20. The number of fused-ring (bicyclic) bond motifs is 1. The lowest BCUT2D eigenvalue weighted by molar-refractivity contribution is 0.0730. The number of aromatic amines is 1. The molecule has 0 bridgehead atoms. The van der Waals surface area contributed by atoms with Crippen molar-refractivity contribution in [2.45, 2.75) is 26.4 Å². The van der Waals surface area contributed by atoms with Crippen LogP contribution in [-0.4, -0.2) is 33.2 Å². The SMILES string of the molecule is COc1ccc(CN2C(=O)c3[nH]nc(-c4cc(C)cc(C)c4O)c3C2c2cccc(Br)c2)cc1. The molecule has 0 aliphatic carbocycles. The smallest absolute Gasteiger partial charge is 0.273 e. The third-order valence-electron chi connectivity index (χ3n) is 6.24. The Balaban J connectivity index is 1.66. The van der Waals surface area contributed by atoms with Gasteiger partial charge in [-0.3, -0.25) is 9.89 Å². The number of ether oxygens (including phenoxy) is 1. The second-order valence-corrected chi connectivity index (χ2v) is 9.49. The van der Waals surface area contributed by atoms with Crippen molar-refractivity contribution in [1.29, 1.82) is 0 Å². The zero-order valence-corrected chi connectivity index (χ0v) is 20.7. The molecule has 0 saturated heterocycles. The number of halogens is 1. The molecule has 7 heteroatoms. The summed E-state index contributed by atoms with van der Waals surface area (Å²) in [5.41, 5.74) is 6.17. The van der Waals surface area contributed by atoms with Gasteiger partial charge in [0.2, 0.25) is 0 Å². The molecule has 1 aliphatic heterocycles. The van der Waals surface area contributed by atoms with E-state index in [9.17, 15) is 9.90 Å². The van der Waals surface area contributed by atoms with Crippen LogP contribution in [0.1, 0.15) is 44.3 Å². The van der Waals surface area contributed by atoms with Crippen LogP contribution >= 0.6 is 15.9 Å². The molecule has 0 fully saturated rings. The van der Waals surface area contributed by atoms with E-state index in [1.165, 1.54) is 0 Å². The maximum atomic E-state index is 13.6. The Kier molecular flexibility index (Phi) is 5.65. The van der Waals surface area contributed by atoms with E-state index in [4.69, 9.17) is 4.74 Å². The number of aryl methyl sites for hydroxylation is 2. The van der Waals surface area contributed by atoms with Crippen LogP contribution in [0.2, 0.25) is 0 Å². The molecule has 1 aromatic heterocycles. The van der Waals surface area contributed by atoms with Gasteiger partial charge in [-0.15, -0.1) is 0 Å². The van der Waals surface area contributed by atoms with Gasteiger partial charge in [-0.25, -0.2) is 0 Å². The van der Waals surface area contributed by atoms with Gasteiger partial charge in [0.05, 0.1) is 13.2 Å². The second kappa shape index (κ2) is 8.65. The van der Waals surface area contributed by atoms with Gasteiger partial charge in [0, 0.05) is 22.1 Å². The first-order chi connectivity index (χ1) is 16.4. The summed E-state index contributed by atoms with van der Waals surface area (Å²) >= 11 is 3.57. The summed E-state index contributed by atoms with van der Waals surface area (Å²) in [5.74, 6) is 0.814. The molecule has 0 saturated carbocycles. The lowest BCUT2D eigenvalue weighted by Crippen LogP contribution is -2.29. The first kappa shape index (κ1) is 22.2. The van der Waals surface area contributed by atoms with Gasteiger partial charge < -0.3 is 14.7 Å². The minimum atomic E-state index is -0.365. The second-order valence-electron chi connectivity index (χ2n) is 8.58. The van der Waals surface area contributed by atoms with Gasteiger partial charge in [-0.2, -0.15) is 5.10 Å². The van der Waals surface area contributed by atoms with E-state index in [2.05, 4.69) is 26.1 Å². The summed E-state index contributed by atoms with van der Waals surface area (Å²) in [5, 5.41) is 18.3. The van der Waals surface area contributed by atoms with Crippen LogP contribution in [-0.2, 0) is 6.54 Å². The maximum absolute atomic E-state index is 13.6. The van der Waals surface area contributed by atoms with Crippen molar-refractivity contribution in [3.63, 3.8) is 0 Å². The molecule has 0 spiro atoms. The zero-order valence-electron chi connectivity index (χ0n) is 19.1. The van der Waals surface area contributed by atoms with Crippen LogP contribution in [0.25, 0.3) is 11.3 Å². The highest BCUT2D eigenvalue weighted by molar-refractivity contribution is 9.10. The minimum absolute atomic E-state index is 0.126. The largest absolute Gasteiger partial charge is 0.507 e. The van der Waals surface area contributed by atoms with Gasteiger partial charge in [0.15, 0.2) is 0 Å². The van der Waals surface area contributed by atoms with Crippen molar-refractivity contribution in [2.75, 3.05) is 7.11 Å². The number of hydrogen-bond acceptors (Lipinski definition) is 4. The van der Waals surface area contributed by atoms with Crippen LogP contribution in [0.4, 0.5) is 0 Å². The molecule has 5 rings (SSSR count). The molecule has 1 aliphatic rings. The monoisotopic (exact) mass is 517 g/mol. The van der Waals surface area contributed by atoms with Crippen molar-refractivity contribution < 1.29 is 14.6 Å².